The molecule has 2 heterocycles. The van der Waals surface area contributed by atoms with Crippen LogP contribution < -0.4 is 10.3 Å². The average molecular weight is 420 g/mol. The van der Waals surface area contributed by atoms with Crippen LogP contribution in [-0.4, -0.2) is 29.2 Å². The van der Waals surface area contributed by atoms with E-state index in [1.807, 2.05) is 60.0 Å². The Labute approximate surface area is 177 Å². The second kappa shape index (κ2) is 8.92. The van der Waals surface area contributed by atoms with Crippen LogP contribution in [0.5, 0.6) is 5.75 Å². The van der Waals surface area contributed by atoms with Crippen LogP contribution in [0.2, 0.25) is 0 Å². The molecule has 0 saturated heterocycles. The van der Waals surface area contributed by atoms with Crippen molar-refractivity contribution in [3.05, 3.63) is 82.2 Å². The molecule has 0 aliphatic heterocycles. The zero-order valence-corrected chi connectivity index (χ0v) is 17.2. The van der Waals surface area contributed by atoms with E-state index in [-0.39, 0.29) is 18.7 Å². The zero-order valence-electron chi connectivity index (χ0n) is 16.4. The molecule has 0 N–H and O–H groups in total. The molecular weight excluding hydrogens is 400 g/mol. The summed E-state index contributed by atoms with van der Waals surface area (Å²) in [5, 5.41) is 2.41. The molecule has 7 heteroatoms. The number of aromatic nitrogens is 2. The molecular formula is C23H20N2O4S. The van der Waals surface area contributed by atoms with Gasteiger partial charge in [-0.3, -0.25) is 14.2 Å². The Morgan fingerprint density at radius 1 is 1.10 bits per heavy atom. The van der Waals surface area contributed by atoms with E-state index >= 15 is 0 Å². The molecule has 0 fully saturated rings. The minimum absolute atomic E-state index is 0.172. The minimum Gasteiger partial charge on any atom is -0.497 e. The van der Waals surface area contributed by atoms with Crippen molar-refractivity contribution in [1.82, 2.24) is 9.55 Å². The summed E-state index contributed by atoms with van der Waals surface area (Å²) in [5.74, 6) is 0.280. The summed E-state index contributed by atoms with van der Waals surface area (Å²) in [6.07, 6.45) is 2.03. The number of carbonyl (C=O) groups is 1. The van der Waals surface area contributed by atoms with Gasteiger partial charge in [-0.05, 0) is 23.3 Å². The van der Waals surface area contributed by atoms with Crippen LogP contribution in [0.4, 0.5) is 0 Å². The summed E-state index contributed by atoms with van der Waals surface area (Å²) in [4.78, 5) is 30.3. The molecule has 0 aliphatic rings. The predicted molar refractivity (Wildman–Crippen MR) is 117 cm³/mol. The molecule has 152 valence electrons. The van der Waals surface area contributed by atoms with Gasteiger partial charge in [0.2, 0.25) is 0 Å². The van der Waals surface area contributed by atoms with Crippen LogP contribution >= 0.6 is 11.3 Å². The van der Waals surface area contributed by atoms with Crippen LogP contribution in [0.3, 0.4) is 0 Å². The van der Waals surface area contributed by atoms with Crippen LogP contribution in [-0.2, 0) is 22.5 Å². The highest BCUT2D eigenvalue weighted by Gasteiger charge is 2.15. The van der Waals surface area contributed by atoms with Gasteiger partial charge in [-0.2, -0.15) is 0 Å². The Kier molecular flexibility index (Phi) is 5.90. The van der Waals surface area contributed by atoms with Gasteiger partial charge in [0.25, 0.3) is 5.56 Å². The fourth-order valence-electron chi connectivity index (χ4n) is 3.18. The third kappa shape index (κ3) is 4.26. The monoisotopic (exact) mass is 420 g/mol. The fraction of sp³-hybridized carbons (Fsp3) is 0.174. The highest BCUT2D eigenvalue weighted by atomic mass is 32.1. The van der Waals surface area contributed by atoms with E-state index < -0.39 is 5.97 Å². The first-order valence-corrected chi connectivity index (χ1v) is 10.3. The van der Waals surface area contributed by atoms with Crippen molar-refractivity contribution in [1.29, 1.82) is 0 Å². The summed E-state index contributed by atoms with van der Waals surface area (Å²) in [6, 6.07) is 17.3. The Morgan fingerprint density at radius 2 is 1.87 bits per heavy atom. The summed E-state index contributed by atoms with van der Waals surface area (Å²) >= 11 is 1.40. The molecule has 30 heavy (non-hydrogen) atoms. The van der Waals surface area contributed by atoms with Crippen LogP contribution in [0, 0.1) is 0 Å². The van der Waals surface area contributed by atoms with Crippen molar-refractivity contribution in [3.8, 4) is 16.9 Å². The lowest BCUT2D eigenvalue weighted by molar-refractivity contribution is -0.144. The quantitative estimate of drug-likeness (QED) is 0.424. The summed E-state index contributed by atoms with van der Waals surface area (Å²) < 4.78 is 11.8. The van der Waals surface area contributed by atoms with Gasteiger partial charge in [0.1, 0.15) is 17.1 Å². The molecule has 0 atom stereocenters. The van der Waals surface area contributed by atoms with Crippen molar-refractivity contribution in [2.24, 2.45) is 0 Å². The van der Waals surface area contributed by atoms with Gasteiger partial charge in [0.15, 0.2) is 0 Å². The third-order valence-corrected chi connectivity index (χ3v) is 5.64. The van der Waals surface area contributed by atoms with Gasteiger partial charge in [0, 0.05) is 17.4 Å². The number of ether oxygens (including phenoxy) is 2. The lowest BCUT2D eigenvalue weighted by Crippen LogP contribution is -2.26. The van der Waals surface area contributed by atoms with E-state index in [9.17, 15) is 9.59 Å². The number of esters is 1. The molecule has 2 aromatic carbocycles. The van der Waals surface area contributed by atoms with E-state index in [0.717, 1.165) is 22.4 Å². The van der Waals surface area contributed by atoms with Crippen LogP contribution in [0.15, 0.2) is 71.1 Å². The fourth-order valence-corrected chi connectivity index (χ4v) is 4.08. The summed E-state index contributed by atoms with van der Waals surface area (Å²) in [5.41, 5.74) is 2.52. The number of nitrogens with zero attached hydrogens (tertiary/aromatic N) is 2. The maximum Gasteiger partial charge on any atom is 0.326 e. The first kappa shape index (κ1) is 19.8. The van der Waals surface area contributed by atoms with Gasteiger partial charge in [-0.1, -0.05) is 42.5 Å². The number of hydrogen-bond donors (Lipinski definition) is 0. The molecule has 0 radical (unpaired) electrons. The van der Waals surface area contributed by atoms with Gasteiger partial charge in [-0.15, -0.1) is 11.3 Å². The lowest BCUT2D eigenvalue weighted by atomic mass is 10.1. The molecule has 0 saturated carbocycles. The molecule has 0 spiro atoms. The number of hydrogen-bond acceptors (Lipinski definition) is 6. The van der Waals surface area contributed by atoms with E-state index in [2.05, 4.69) is 4.98 Å². The van der Waals surface area contributed by atoms with E-state index in [1.165, 1.54) is 22.2 Å². The SMILES string of the molecule is COc1ccc(-c2csc3ncn(CC(=O)OCCc4ccccc4)c(=O)c23)cc1. The van der Waals surface area contributed by atoms with Gasteiger partial charge < -0.3 is 9.47 Å². The van der Waals surface area contributed by atoms with Crippen molar-refractivity contribution >= 4 is 27.5 Å². The third-order valence-electron chi connectivity index (χ3n) is 4.76. The van der Waals surface area contributed by atoms with Gasteiger partial charge in [0.05, 0.1) is 25.4 Å². The summed E-state index contributed by atoms with van der Waals surface area (Å²) in [7, 11) is 1.61. The zero-order chi connectivity index (χ0) is 20.9. The lowest BCUT2D eigenvalue weighted by Gasteiger charge is -2.08. The topological polar surface area (TPSA) is 70.4 Å². The number of benzene rings is 2. The van der Waals surface area contributed by atoms with Crippen molar-refractivity contribution in [2.45, 2.75) is 13.0 Å². The van der Waals surface area contributed by atoms with Crippen LogP contribution in [0.25, 0.3) is 21.3 Å². The Morgan fingerprint density at radius 3 is 2.60 bits per heavy atom. The maximum atomic E-state index is 13.0. The second-order valence-corrected chi connectivity index (χ2v) is 7.55. The molecule has 0 amide bonds. The number of methoxy groups -OCH3 is 1. The largest absolute Gasteiger partial charge is 0.497 e. The summed E-state index contributed by atoms with van der Waals surface area (Å²) in [6.45, 7) is 0.0945. The molecule has 0 bridgehead atoms. The van der Waals surface area contributed by atoms with E-state index in [1.54, 1.807) is 7.11 Å². The van der Waals surface area contributed by atoms with Gasteiger partial charge >= 0.3 is 5.97 Å². The molecule has 2 aromatic heterocycles. The molecule has 6 nitrogen and oxygen atoms in total. The standard InChI is InChI=1S/C23H20N2O4S/c1-28-18-9-7-17(8-10-18)19-14-30-22-21(19)23(27)25(15-24-22)13-20(26)29-12-11-16-5-3-2-4-6-16/h2-10,14-15H,11-13H2,1H3. The van der Waals surface area contributed by atoms with Crippen molar-refractivity contribution in [2.75, 3.05) is 13.7 Å². The Balaban J connectivity index is 1.51. The highest BCUT2D eigenvalue weighted by Crippen LogP contribution is 2.31. The van der Waals surface area contributed by atoms with Gasteiger partial charge in [-0.25, -0.2) is 4.98 Å². The first-order chi connectivity index (χ1) is 14.7. The molecule has 4 rings (SSSR count). The van der Waals surface area contributed by atoms with Crippen LogP contribution in [0.1, 0.15) is 5.56 Å². The molecule has 0 unspecified atom stereocenters. The molecule has 0 aliphatic carbocycles. The van der Waals surface area contributed by atoms with E-state index in [4.69, 9.17) is 9.47 Å². The maximum absolute atomic E-state index is 13.0. The Bertz CT molecular complexity index is 1210. The van der Waals surface area contributed by atoms with E-state index in [0.29, 0.717) is 16.6 Å². The average Bonchev–Trinajstić information content (AvgIpc) is 3.21. The second-order valence-electron chi connectivity index (χ2n) is 6.69. The normalized spacial score (nSPS) is 10.8. The Hall–Kier alpha value is -3.45. The smallest absolute Gasteiger partial charge is 0.326 e. The first-order valence-electron chi connectivity index (χ1n) is 9.46. The molecule has 4 aromatic rings. The number of carbonyl (C=O) groups excluding carboxylic acids is 1. The van der Waals surface area contributed by atoms with Crippen molar-refractivity contribution in [3.63, 3.8) is 0 Å². The number of thiophene rings is 1. The van der Waals surface area contributed by atoms with Crippen molar-refractivity contribution < 1.29 is 14.3 Å². The highest BCUT2D eigenvalue weighted by molar-refractivity contribution is 7.17. The number of rotatable bonds is 7. The number of fused-ring (bicyclic) bond motifs is 1. The predicted octanol–water partition coefficient (Wildman–Crippen LogP) is 3.92. The minimum atomic E-state index is -0.463.